The normalized spacial score (nSPS) is 28.6. The summed E-state index contributed by atoms with van der Waals surface area (Å²) >= 11 is 1.71. The summed E-state index contributed by atoms with van der Waals surface area (Å²) in [5, 5.41) is 21.1. The Morgan fingerprint density at radius 3 is 3.00 bits per heavy atom. The smallest absolute Gasteiger partial charge is 0.225 e. The van der Waals surface area contributed by atoms with Gasteiger partial charge in [0.1, 0.15) is 10.9 Å². The van der Waals surface area contributed by atoms with E-state index in [-0.39, 0.29) is 23.2 Å². The fourth-order valence-electron chi connectivity index (χ4n) is 2.02. The van der Waals surface area contributed by atoms with E-state index in [2.05, 4.69) is 11.4 Å². The molecule has 6 heteroatoms. The van der Waals surface area contributed by atoms with Gasteiger partial charge >= 0.3 is 0 Å². The molecule has 0 radical (unpaired) electrons. The van der Waals surface area contributed by atoms with Crippen molar-refractivity contribution in [3.05, 3.63) is 0 Å². The van der Waals surface area contributed by atoms with E-state index in [1.54, 1.807) is 23.6 Å². The summed E-state index contributed by atoms with van der Waals surface area (Å²) in [6.45, 7) is 2.89. The van der Waals surface area contributed by atoms with E-state index in [4.69, 9.17) is 10.4 Å². The minimum atomic E-state index is -0.583. The van der Waals surface area contributed by atoms with E-state index in [0.717, 1.165) is 5.75 Å². The Morgan fingerprint density at radius 2 is 2.50 bits per heavy atom. The van der Waals surface area contributed by atoms with Crippen LogP contribution in [0.2, 0.25) is 0 Å². The molecule has 0 bridgehead atoms. The van der Waals surface area contributed by atoms with Gasteiger partial charge in [-0.15, -0.1) is 11.8 Å². The van der Waals surface area contributed by atoms with Crippen LogP contribution >= 0.6 is 11.8 Å². The highest BCUT2D eigenvalue weighted by molar-refractivity contribution is 8.01. The van der Waals surface area contributed by atoms with Crippen molar-refractivity contribution < 1.29 is 9.90 Å². The minimum Gasteiger partial charge on any atom is -0.393 e. The Bertz CT molecular complexity index is 333. The van der Waals surface area contributed by atoms with Gasteiger partial charge in [0.15, 0.2) is 0 Å². The number of thioether (sulfide) groups is 1. The summed E-state index contributed by atoms with van der Waals surface area (Å²) in [4.78, 5) is 13.2. The van der Waals surface area contributed by atoms with E-state index in [9.17, 15) is 4.79 Å². The lowest BCUT2D eigenvalue weighted by molar-refractivity contribution is -0.138. The molecule has 2 rings (SSSR count). The van der Waals surface area contributed by atoms with Crippen LogP contribution in [-0.2, 0) is 4.79 Å². The zero-order chi connectivity index (χ0) is 11.8. The van der Waals surface area contributed by atoms with Gasteiger partial charge in [0, 0.05) is 5.75 Å². The molecule has 2 aliphatic heterocycles. The number of carbonyl (C=O) groups is 1. The third-order valence-electron chi connectivity index (χ3n) is 2.83. The van der Waals surface area contributed by atoms with Crippen molar-refractivity contribution in [2.75, 3.05) is 18.8 Å². The van der Waals surface area contributed by atoms with Gasteiger partial charge in [-0.1, -0.05) is 0 Å². The second-order valence-electron chi connectivity index (χ2n) is 4.43. The summed E-state index contributed by atoms with van der Waals surface area (Å²) in [6, 6.07) is 2.09. The van der Waals surface area contributed by atoms with Gasteiger partial charge in [0.2, 0.25) is 5.91 Å². The predicted octanol–water partition coefficient (Wildman–Crippen LogP) is -0.476. The molecule has 0 aromatic carbocycles. The Kier molecular flexibility index (Phi) is 3.10. The quantitative estimate of drug-likeness (QED) is 0.683. The van der Waals surface area contributed by atoms with Gasteiger partial charge in [-0.25, -0.2) is 0 Å². The van der Waals surface area contributed by atoms with Crippen molar-refractivity contribution >= 4 is 17.7 Å². The number of nitriles is 1. The number of likely N-dealkylation sites (tertiary alicyclic amines) is 1. The highest BCUT2D eigenvalue weighted by Crippen LogP contribution is 2.38. The average Bonchev–Trinajstić information content (AvgIpc) is 2.58. The Balaban J connectivity index is 1.82. The number of aliphatic hydroxyl groups excluding tert-OH is 1. The molecule has 0 aromatic heterocycles. The Morgan fingerprint density at radius 1 is 1.81 bits per heavy atom. The third kappa shape index (κ3) is 2.17. The van der Waals surface area contributed by atoms with Crippen LogP contribution in [0, 0.1) is 11.3 Å². The van der Waals surface area contributed by atoms with Crippen LogP contribution in [0.15, 0.2) is 0 Å². The van der Waals surface area contributed by atoms with Crippen molar-refractivity contribution in [2.24, 2.45) is 0 Å². The van der Waals surface area contributed by atoms with Crippen LogP contribution in [-0.4, -0.2) is 51.8 Å². The second-order valence-corrected chi connectivity index (χ2v) is 5.84. The van der Waals surface area contributed by atoms with E-state index in [1.165, 1.54) is 0 Å². The van der Waals surface area contributed by atoms with Crippen molar-refractivity contribution in [3.63, 3.8) is 0 Å². The molecular weight excluding hydrogens is 226 g/mol. The first-order chi connectivity index (χ1) is 7.54. The first kappa shape index (κ1) is 11.7. The van der Waals surface area contributed by atoms with Crippen LogP contribution in [0.5, 0.6) is 0 Å². The number of carbonyl (C=O) groups excluding carboxylic acids is 1. The molecule has 0 aliphatic carbocycles. The van der Waals surface area contributed by atoms with Gasteiger partial charge < -0.3 is 10.0 Å². The SMILES string of the molecule is C[C@@H](O)CC(=O)N1CC2(C1)N[C@H](C#N)CS2. The molecule has 1 spiro atoms. The maximum atomic E-state index is 11.6. The molecule has 16 heavy (non-hydrogen) atoms. The summed E-state index contributed by atoms with van der Waals surface area (Å²) in [7, 11) is 0. The average molecular weight is 241 g/mol. The summed E-state index contributed by atoms with van der Waals surface area (Å²) in [6.07, 6.45) is -0.400. The zero-order valence-corrected chi connectivity index (χ0v) is 9.96. The van der Waals surface area contributed by atoms with Gasteiger partial charge in [0.25, 0.3) is 0 Å². The Labute approximate surface area is 98.8 Å². The molecular formula is C10H15N3O2S. The van der Waals surface area contributed by atoms with Gasteiger partial charge in [-0.05, 0) is 6.92 Å². The molecule has 2 heterocycles. The van der Waals surface area contributed by atoms with E-state index < -0.39 is 6.10 Å². The van der Waals surface area contributed by atoms with E-state index in [1.807, 2.05) is 0 Å². The minimum absolute atomic E-state index is 0.0107. The number of aliphatic hydroxyl groups is 1. The van der Waals surface area contributed by atoms with Gasteiger partial charge in [0.05, 0.1) is 31.7 Å². The number of hydrogen-bond acceptors (Lipinski definition) is 5. The van der Waals surface area contributed by atoms with Crippen LogP contribution in [0.25, 0.3) is 0 Å². The van der Waals surface area contributed by atoms with Gasteiger partial charge in [-0.2, -0.15) is 5.26 Å². The highest BCUT2D eigenvalue weighted by Gasteiger charge is 2.50. The first-order valence-electron chi connectivity index (χ1n) is 5.32. The molecule has 2 saturated heterocycles. The van der Waals surface area contributed by atoms with Crippen molar-refractivity contribution in [3.8, 4) is 6.07 Å². The fraction of sp³-hybridized carbons (Fsp3) is 0.800. The molecule has 2 atom stereocenters. The topological polar surface area (TPSA) is 76.4 Å². The molecule has 2 aliphatic rings. The zero-order valence-electron chi connectivity index (χ0n) is 9.14. The highest BCUT2D eigenvalue weighted by atomic mass is 32.2. The van der Waals surface area contributed by atoms with Crippen molar-refractivity contribution in [1.29, 1.82) is 5.26 Å². The monoisotopic (exact) mass is 241 g/mol. The number of amides is 1. The number of rotatable bonds is 2. The van der Waals surface area contributed by atoms with Crippen LogP contribution in [0.4, 0.5) is 0 Å². The standard InChI is InChI=1S/C10H15N3O2S/c1-7(14)2-9(15)13-5-10(6-13)12-8(3-11)4-16-10/h7-8,12,14H,2,4-6H2,1H3/t7-,8-/m1/s1. The molecule has 0 unspecified atom stereocenters. The number of nitrogens with one attached hydrogen (secondary N) is 1. The lowest BCUT2D eigenvalue weighted by atomic mass is 10.1. The number of hydrogen-bond donors (Lipinski definition) is 2. The first-order valence-corrected chi connectivity index (χ1v) is 6.30. The Hall–Kier alpha value is -0.770. The molecule has 1 amide bonds. The van der Waals surface area contributed by atoms with Crippen LogP contribution in [0.3, 0.4) is 0 Å². The molecule has 88 valence electrons. The fourth-order valence-corrected chi connectivity index (χ4v) is 3.39. The maximum Gasteiger partial charge on any atom is 0.225 e. The molecule has 2 fully saturated rings. The second kappa shape index (κ2) is 4.24. The lowest BCUT2D eigenvalue weighted by Gasteiger charge is -2.47. The van der Waals surface area contributed by atoms with E-state index in [0.29, 0.717) is 13.1 Å². The maximum absolute atomic E-state index is 11.6. The van der Waals surface area contributed by atoms with Crippen LogP contribution in [0.1, 0.15) is 13.3 Å². The third-order valence-corrected chi connectivity index (χ3v) is 4.26. The largest absolute Gasteiger partial charge is 0.393 e. The lowest BCUT2D eigenvalue weighted by Crippen LogP contribution is -2.67. The summed E-state index contributed by atoms with van der Waals surface area (Å²) in [5.41, 5.74) is 0. The van der Waals surface area contributed by atoms with Crippen molar-refractivity contribution in [1.82, 2.24) is 10.2 Å². The molecule has 5 nitrogen and oxygen atoms in total. The number of nitrogens with zero attached hydrogens (tertiary/aromatic N) is 2. The molecule has 2 N–H and O–H groups in total. The van der Waals surface area contributed by atoms with Crippen molar-refractivity contribution in [2.45, 2.75) is 30.4 Å². The molecule has 0 saturated carbocycles. The summed E-state index contributed by atoms with van der Waals surface area (Å²) in [5.74, 6) is 0.776. The predicted molar refractivity (Wildman–Crippen MR) is 60.6 cm³/mol. The summed E-state index contributed by atoms with van der Waals surface area (Å²) < 4.78 is 0. The molecule has 0 aromatic rings. The van der Waals surface area contributed by atoms with Gasteiger partial charge in [-0.3, -0.25) is 10.1 Å². The van der Waals surface area contributed by atoms with Crippen LogP contribution < -0.4 is 5.32 Å². The van der Waals surface area contributed by atoms with E-state index >= 15 is 0 Å².